The number of hydrogen-bond donors (Lipinski definition) is 0. The third-order valence-electron chi connectivity index (χ3n) is 3.53. The number of piperidine rings is 1. The molecule has 4 heteroatoms. The molecule has 0 aromatic carbocycles. The van der Waals surface area contributed by atoms with E-state index in [9.17, 15) is 4.79 Å². The maximum atomic E-state index is 11.9. The Morgan fingerprint density at radius 2 is 2.40 bits per heavy atom. The molecule has 2 fully saturated rings. The first-order valence-corrected chi connectivity index (χ1v) is 5.64. The molecule has 2 rings (SSSR count). The third kappa shape index (κ3) is 1.56. The molecule has 4 nitrogen and oxygen atoms in total. The van der Waals surface area contributed by atoms with Gasteiger partial charge in [-0.05, 0) is 26.3 Å². The minimum Gasteiger partial charge on any atom is -0.463 e. The fourth-order valence-electron chi connectivity index (χ4n) is 2.72. The van der Waals surface area contributed by atoms with Gasteiger partial charge in [-0.3, -0.25) is 4.90 Å². The molecule has 0 saturated carbocycles. The van der Waals surface area contributed by atoms with E-state index in [0.717, 1.165) is 12.8 Å². The van der Waals surface area contributed by atoms with E-state index in [0.29, 0.717) is 25.2 Å². The quantitative estimate of drug-likeness (QED) is 0.642. The molecular formula is C11H19NO3. The Labute approximate surface area is 90.5 Å². The van der Waals surface area contributed by atoms with Gasteiger partial charge in [0.05, 0.1) is 13.2 Å². The molecule has 2 aliphatic rings. The molecule has 0 aliphatic carbocycles. The van der Waals surface area contributed by atoms with Crippen LogP contribution in [0.3, 0.4) is 0 Å². The number of esters is 1. The lowest BCUT2D eigenvalue weighted by molar-refractivity contribution is -0.187. The lowest BCUT2D eigenvalue weighted by Gasteiger charge is -2.40. The third-order valence-corrected chi connectivity index (χ3v) is 3.53. The molecule has 3 atom stereocenters. The summed E-state index contributed by atoms with van der Waals surface area (Å²) in [4.78, 5) is 14.0. The van der Waals surface area contributed by atoms with Gasteiger partial charge >= 0.3 is 5.97 Å². The van der Waals surface area contributed by atoms with Crippen LogP contribution in [0.4, 0.5) is 0 Å². The van der Waals surface area contributed by atoms with Crippen LogP contribution >= 0.6 is 0 Å². The number of rotatable bonds is 2. The van der Waals surface area contributed by atoms with Crippen LogP contribution in [0.15, 0.2) is 0 Å². The molecule has 0 radical (unpaired) electrons. The van der Waals surface area contributed by atoms with Gasteiger partial charge in [0.15, 0.2) is 0 Å². The molecule has 2 aliphatic heterocycles. The van der Waals surface area contributed by atoms with Crippen LogP contribution < -0.4 is 0 Å². The number of fused-ring (bicyclic) bond motifs is 2. The number of nitrogens with zero attached hydrogens (tertiary/aromatic N) is 1. The van der Waals surface area contributed by atoms with Gasteiger partial charge in [0.2, 0.25) is 5.72 Å². The topological polar surface area (TPSA) is 38.8 Å². The highest BCUT2D eigenvalue weighted by Gasteiger charge is 2.56. The Morgan fingerprint density at radius 3 is 3.07 bits per heavy atom. The van der Waals surface area contributed by atoms with Gasteiger partial charge in [-0.1, -0.05) is 6.92 Å². The number of likely N-dealkylation sites (N-methyl/N-ethyl adjacent to an activating group) is 1. The molecular weight excluding hydrogens is 194 g/mol. The predicted octanol–water partition coefficient (Wildman–Crippen LogP) is 1.01. The Bertz CT molecular complexity index is 269. The summed E-state index contributed by atoms with van der Waals surface area (Å²) < 4.78 is 10.8. The first-order valence-electron chi connectivity index (χ1n) is 5.64. The van der Waals surface area contributed by atoms with Crippen molar-refractivity contribution in [1.29, 1.82) is 0 Å². The van der Waals surface area contributed by atoms with Gasteiger partial charge in [-0.25, -0.2) is 4.79 Å². The van der Waals surface area contributed by atoms with Crippen molar-refractivity contribution in [2.24, 2.45) is 5.92 Å². The minimum absolute atomic E-state index is 0.221. The zero-order chi connectivity index (χ0) is 11.1. The molecule has 0 spiro atoms. The summed E-state index contributed by atoms with van der Waals surface area (Å²) >= 11 is 0. The summed E-state index contributed by atoms with van der Waals surface area (Å²) in [6.45, 7) is 5.06. The van der Waals surface area contributed by atoms with Gasteiger partial charge in [-0.2, -0.15) is 0 Å². The van der Waals surface area contributed by atoms with Crippen molar-refractivity contribution in [3.05, 3.63) is 0 Å². The van der Waals surface area contributed by atoms with Crippen molar-refractivity contribution in [3.8, 4) is 0 Å². The molecule has 86 valence electrons. The monoisotopic (exact) mass is 213 g/mol. The van der Waals surface area contributed by atoms with Crippen LogP contribution in [0, 0.1) is 5.92 Å². The van der Waals surface area contributed by atoms with Crippen LogP contribution in [-0.2, 0) is 14.3 Å². The zero-order valence-electron chi connectivity index (χ0n) is 9.66. The van der Waals surface area contributed by atoms with E-state index in [-0.39, 0.29) is 5.97 Å². The lowest BCUT2D eigenvalue weighted by atomic mass is 9.87. The van der Waals surface area contributed by atoms with Crippen LogP contribution in [0.2, 0.25) is 0 Å². The van der Waals surface area contributed by atoms with Crippen molar-refractivity contribution in [3.63, 3.8) is 0 Å². The predicted molar refractivity (Wildman–Crippen MR) is 55.3 cm³/mol. The molecule has 0 aromatic rings. The summed E-state index contributed by atoms with van der Waals surface area (Å²) in [6, 6.07) is 0.373. The van der Waals surface area contributed by atoms with Crippen molar-refractivity contribution in [1.82, 2.24) is 4.90 Å². The van der Waals surface area contributed by atoms with Crippen molar-refractivity contribution in [2.45, 2.75) is 38.5 Å². The molecule has 2 saturated heterocycles. The summed E-state index contributed by atoms with van der Waals surface area (Å²) in [7, 11) is 1.96. The SMILES string of the molecule is CCOC(=O)C12CC(C)CC(CO1)N2C. The second-order valence-corrected chi connectivity index (χ2v) is 4.63. The van der Waals surface area contributed by atoms with Gasteiger partial charge in [0.25, 0.3) is 0 Å². The molecule has 15 heavy (non-hydrogen) atoms. The standard InChI is InChI=1S/C11H19NO3/c1-4-14-10(13)11-6-8(2)5-9(7-15-11)12(11)3/h8-9H,4-7H2,1-3H3. The molecule has 0 N–H and O–H groups in total. The fraction of sp³-hybridized carbons (Fsp3) is 0.909. The Morgan fingerprint density at radius 1 is 1.67 bits per heavy atom. The van der Waals surface area contributed by atoms with E-state index in [1.165, 1.54) is 0 Å². The average Bonchev–Trinajstić information content (AvgIpc) is 2.41. The number of ether oxygens (including phenoxy) is 2. The Hall–Kier alpha value is -0.610. The number of carbonyl (C=O) groups excluding carboxylic acids is 1. The fourth-order valence-corrected chi connectivity index (χ4v) is 2.72. The van der Waals surface area contributed by atoms with Crippen LogP contribution in [0.5, 0.6) is 0 Å². The van der Waals surface area contributed by atoms with E-state index in [4.69, 9.17) is 9.47 Å². The van der Waals surface area contributed by atoms with Gasteiger partial charge in [0.1, 0.15) is 0 Å². The molecule has 0 aromatic heterocycles. The van der Waals surface area contributed by atoms with Crippen LogP contribution in [-0.4, -0.2) is 42.9 Å². The summed E-state index contributed by atoms with van der Waals surface area (Å²) in [5.74, 6) is 0.305. The van der Waals surface area contributed by atoms with Gasteiger partial charge in [0, 0.05) is 12.5 Å². The largest absolute Gasteiger partial charge is 0.463 e. The second-order valence-electron chi connectivity index (χ2n) is 4.63. The Balaban J connectivity index is 2.21. The minimum atomic E-state index is -0.793. The highest BCUT2D eigenvalue weighted by atomic mass is 16.6. The maximum Gasteiger partial charge on any atom is 0.354 e. The Kier molecular flexibility index (Phi) is 2.73. The average molecular weight is 213 g/mol. The second kappa shape index (κ2) is 3.76. The lowest BCUT2D eigenvalue weighted by Crippen LogP contribution is -2.56. The zero-order valence-corrected chi connectivity index (χ0v) is 9.66. The van der Waals surface area contributed by atoms with E-state index >= 15 is 0 Å². The molecule has 3 unspecified atom stereocenters. The van der Waals surface area contributed by atoms with E-state index in [1.807, 2.05) is 18.9 Å². The number of carbonyl (C=O) groups is 1. The highest BCUT2D eigenvalue weighted by Crippen LogP contribution is 2.41. The molecule has 0 amide bonds. The highest BCUT2D eigenvalue weighted by molar-refractivity contribution is 5.79. The number of hydrogen-bond acceptors (Lipinski definition) is 4. The molecule has 2 heterocycles. The van der Waals surface area contributed by atoms with Gasteiger partial charge in [-0.15, -0.1) is 0 Å². The van der Waals surface area contributed by atoms with E-state index in [1.54, 1.807) is 0 Å². The summed E-state index contributed by atoms with van der Waals surface area (Å²) in [5, 5.41) is 0. The normalized spacial score (nSPS) is 40.5. The van der Waals surface area contributed by atoms with E-state index < -0.39 is 5.72 Å². The van der Waals surface area contributed by atoms with Crippen molar-refractivity contribution in [2.75, 3.05) is 20.3 Å². The first-order chi connectivity index (χ1) is 7.10. The molecule has 2 bridgehead atoms. The maximum absolute atomic E-state index is 11.9. The van der Waals surface area contributed by atoms with E-state index in [2.05, 4.69) is 6.92 Å². The summed E-state index contributed by atoms with van der Waals surface area (Å²) in [6.07, 6.45) is 1.86. The van der Waals surface area contributed by atoms with Crippen LogP contribution in [0.1, 0.15) is 26.7 Å². The van der Waals surface area contributed by atoms with Crippen molar-refractivity contribution >= 4 is 5.97 Å². The summed E-state index contributed by atoms with van der Waals surface area (Å²) in [5.41, 5.74) is -0.793. The smallest absolute Gasteiger partial charge is 0.354 e. The van der Waals surface area contributed by atoms with Crippen LogP contribution in [0.25, 0.3) is 0 Å². The first kappa shape index (κ1) is 10.9. The van der Waals surface area contributed by atoms with Crippen molar-refractivity contribution < 1.29 is 14.3 Å². The van der Waals surface area contributed by atoms with Gasteiger partial charge < -0.3 is 9.47 Å².